The fraction of sp³-hybridized carbons (Fsp3) is 0.280. The molecule has 0 saturated carbocycles. The Kier molecular flexibility index (Phi) is 6.70. The van der Waals surface area contributed by atoms with Gasteiger partial charge in [-0.05, 0) is 55.7 Å². The van der Waals surface area contributed by atoms with Gasteiger partial charge in [-0.15, -0.1) is 0 Å². The molecular formula is C25H26ClN5O3. The minimum absolute atomic E-state index is 0.0515. The lowest BCUT2D eigenvalue weighted by Gasteiger charge is -2.24. The molecule has 4 rings (SSSR count). The van der Waals surface area contributed by atoms with Gasteiger partial charge < -0.3 is 15.3 Å². The molecule has 3 heterocycles. The van der Waals surface area contributed by atoms with Gasteiger partial charge in [0.05, 0.1) is 23.5 Å². The molecule has 1 aliphatic heterocycles. The molecule has 1 aliphatic rings. The second-order valence-electron chi connectivity index (χ2n) is 8.51. The minimum Gasteiger partial charge on any atom is -0.476 e. The van der Waals surface area contributed by atoms with E-state index in [2.05, 4.69) is 22.4 Å². The van der Waals surface area contributed by atoms with E-state index in [9.17, 15) is 14.7 Å². The van der Waals surface area contributed by atoms with E-state index in [1.54, 1.807) is 22.9 Å². The first-order chi connectivity index (χ1) is 16.2. The van der Waals surface area contributed by atoms with E-state index in [1.807, 2.05) is 44.2 Å². The highest BCUT2D eigenvalue weighted by molar-refractivity contribution is 6.29. The number of carboxylic acids is 1. The average molecular weight is 480 g/mol. The van der Waals surface area contributed by atoms with Crippen molar-refractivity contribution < 1.29 is 14.7 Å². The number of hydrogen-bond donors (Lipinski definition) is 2. The molecule has 0 spiro atoms. The number of pyridine rings is 2. The second-order valence-corrected chi connectivity index (χ2v) is 8.89. The summed E-state index contributed by atoms with van der Waals surface area (Å²) < 4.78 is 0. The zero-order valence-corrected chi connectivity index (χ0v) is 20.0. The van der Waals surface area contributed by atoms with Gasteiger partial charge in [0.1, 0.15) is 11.0 Å². The number of aromatic nitrogens is 2. The zero-order chi connectivity index (χ0) is 24.4. The molecule has 3 aromatic rings. The van der Waals surface area contributed by atoms with E-state index in [-0.39, 0.29) is 29.0 Å². The first kappa shape index (κ1) is 23.5. The van der Waals surface area contributed by atoms with Gasteiger partial charge in [-0.1, -0.05) is 41.9 Å². The van der Waals surface area contributed by atoms with Crippen molar-refractivity contribution in [2.45, 2.75) is 32.4 Å². The first-order valence-corrected chi connectivity index (χ1v) is 11.3. The summed E-state index contributed by atoms with van der Waals surface area (Å²) in [5, 5.41) is 12.8. The molecule has 1 fully saturated rings. The Hall–Kier alpha value is -3.65. The number of hydrogen-bond acceptors (Lipinski definition) is 5. The fourth-order valence-corrected chi connectivity index (χ4v) is 4.33. The fourth-order valence-electron chi connectivity index (χ4n) is 4.19. The van der Waals surface area contributed by atoms with E-state index in [1.165, 1.54) is 6.07 Å². The molecule has 9 heteroatoms. The number of aryl methyl sites for hydroxylation is 1. The van der Waals surface area contributed by atoms with Crippen LogP contribution in [0.1, 0.15) is 40.3 Å². The number of halogens is 1. The highest BCUT2D eigenvalue weighted by Crippen LogP contribution is 2.29. The van der Waals surface area contributed by atoms with Crippen molar-refractivity contribution in [2.75, 3.05) is 23.8 Å². The Balaban J connectivity index is 1.63. The Morgan fingerprint density at radius 2 is 1.94 bits per heavy atom. The molecule has 2 atom stereocenters. The third kappa shape index (κ3) is 4.97. The third-order valence-corrected chi connectivity index (χ3v) is 6.01. The number of urea groups is 1. The number of nitrogens with one attached hydrogen (secondary N) is 1. The Bertz CT molecular complexity index is 1220. The number of benzene rings is 1. The summed E-state index contributed by atoms with van der Waals surface area (Å²) in [6.07, 6.45) is 0.716. The van der Waals surface area contributed by atoms with Crippen LogP contribution in [0.4, 0.5) is 16.3 Å². The summed E-state index contributed by atoms with van der Waals surface area (Å²) in [4.78, 5) is 36.8. The number of carbonyl (C=O) groups is 2. The van der Waals surface area contributed by atoms with Crippen LogP contribution in [0.2, 0.25) is 5.15 Å². The van der Waals surface area contributed by atoms with Crippen molar-refractivity contribution in [2.24, 2.45) is 0 Å². The van der Waals surface area contributed by atoms with Crippen LogP contribution in [-0.2, 0) is 6.42 Å². The molecule has 2 N–H and O–H groups in total. The number of carbonyl (C=O) groups excluding carboxylic acids is 1. The van der Waals surface area contributed by atoms with Gasteiger partial charge in [0, 0.05) is 13.6 Å². The molecule has 2 aromatic heterocycles. The first-order valence-electron chi connectivity index (χ1n) is 11.0. The zero-order valence-electron chi connectivity index (χ0n) is 19.2. The van der Waals surface area contributed by atoms with Crippen molar-refractivity contribution in [1.29, 1.82) is 0 Å². The van der Waals surface area contributed by atoms with Crippen LogP contribution in [0.5, 0.6) is 0 Å². The monoisotopic (exact) mass is 479 g/mol. The minimum atomic E-state index is -1.18. The van der Waals surface area contributed by atoms with E-state index in [0.29, 0.717) is 30.2 Å². The van der Waals surface area contributed by atoms with E-state index < -0.39 is 5.97 Å². The lowest BCUT2D eigenvalue weighted by atomic mass is 10.1. The third-order valence-electron chi connectivity index (χ3n) is 5.80. The van der Waals surface area contributed by atoms with Gasteiger partial charge in [-0.3, -0.25) is 4.90 Å². The maximum absolute atomic E-state index is 13.1. The van der Waals surface area contributed by atoms with E-state index >= 15 is 0 Å². The Labute approximate surface area is 203 Å². The quantitative estimate of drug-likeness (QED) is 0.472. The van der Waals surface area contributed by atoms with Gasteiger partial charge >= 0.3 is 12.0 Å². The van der Waals surface area contributed by atoms with Crippen LogP contribution >= 0.6 is 11.6 Å². The molecule has 176 valence electrons. The highest BCUT2D eigenvalue weighted by Gasteiger charge is 2.37. The molecule has 0 unspecified atom stereocenters. The molecule has 8 nitrogen and oxygen atoms in total. The smallest absolute Gasteiger partial charge is 0.356 e. The van der Waals surface area contributed by atoms with Crippen LogP contribution in [0, 0.1) is 6.92 Å². The van der Waals surface area contributed by atoms with E-state index in [4.69, 9.17) is 16.6 Å². The Morgan fingerprint density at radius 1 is 1.21 bits per heavy atom. The van der Waals surface area contributed by atoms with Crippen molar-refractivity contribution in [1.82, 2.24) is 14.9 Å². The SMILES string of the molecule is Cc1cc([C@@H](C)Nc2ccc(Cl)nc2C(=O)O)nc(N2C(=O)N(C)C[C@@H]2Cc2ccccc2)c1. The van der Waals surface area contributed by atoms with Gasteiger partial charge in [0.15, 0.2) is 5.69 Å². The largest absolute Gasteiger partial charge is 0.476 e. The van der Waals surface area contributed by atoms with Gasteiger partial charge in [0.2, 0.25) is 0 Å². The number of likely N-dealkylation sites (N-methyl/N-ethyl adjacent to an activating group) is 1. The van der Waals surface area contributed by atoms with Gasteiger partial charge in [-0.2, -0.15) is 0 Å². The van der Waals surface area contributed by atoms with Gasteiger partial charge in [0.25, 0.3) is 0 Å². The normalized spacial score (nSPS) is 16.6. The second kappa shape index (κ2) is 9.69. The van der Waals surface area contributed by atoms with Crippen LogP contribution < -0.4 is 10.2 Å². The summed E-state index contributed by atoms with van der Waals surface area (Å²) in [6, 6.07) is 16.5. The summed E-state index contributed by atoms with van der Waals surface area (Å²) in [7, 11) is 1.79. The maximum Gasteiger partial charge on any atom is 0.356 e. The lowest BCUT2D eigenvalue weighted by molar-refractivity contribution is 0.0691. The van der Waals surface area contributed by atoms with E-state index in [0.717, 1.165) is 11.1 Å². The number of amides is 2. The number of aromatic carboxylic acids is 1. The van der Waals surface area contributed by atoms with Crippen LogP contribution in [0.3, 0.4) is 0 Å². The topological polar surface area (TPSA) is 98.7 Å². The maximum atomic E-state index is 13.1. The van der Waals surface area contributed by atoms with Crippen molar-refractivity contribution >= 4 is 35.1 Å². The number of rotatable bonds is 7. The van der Waals surface area contributed by atoms with Crippen molar-refractivity contribution in [3.05, 3.63) is 82.3 Å². The average Bonchev–Trinajstić information content (AvgIpc) is 3.07. The predicted molar refractivity (Wildman–Crippen MR) is 132 cm³/mol. The van der Waals surface area contributed by atoms with Gasteiger partial charge in [-0.25, -0.2) is 19.6 Å². The molecule has 0 bridgehead atoms. The Morgan fingerprint density at radius 3 is 2.65 bits per heavy atom. The van der Waals surface area contributed by atoms with Crippen LogP contribution in [0.25, 0.3) is 0 Å². The molecule has 1 aromatic carbocycles. The standard InChI is InChI=1S/C25H26ClN5O3/c1-15-11-20(16(2)27-19-9-10-21(26)29-23(19)24(32)33)28-22(12-15)31-18(14-30(3)25(31)34)13-17-7-5-4-6-8-17/h4-12,16,18,27H,13-14H2,1-3H3,(H,32,33)/t16-,18+/m1/s1. The summed E-state index contributed by atoms with van der Waals surface area (Å²) >= 11 is 5.87. The molecule has 34 heavy (non-hydrogen) atoms. The predicted octanol–water partition coefficient (Wildman–Crippen LogP) is 4.79. The molecule has 0 radical (unpaired) electrons. The molecular weight excluding hydrogens is 454 g/mol. The number of carboxylic acid groups (broad SMARTS) is 1. The summed E-state index contributed by atoms with van der Waals surface area (Å²) in [5.74, 6) is -0.601. The lowest BCUT2D eigenvalue weighted by Crippen LogP contribution is -2.36. The molecule has 1 saturated heterocycles. The van der Waals surface area contributed by atoms with Crippen molar-refractivity contribution in [3.63, 3.8) is 0 Å². The van der Waals surface area contributed by atoms with Crippen LogP contribution in [-0.4, -0.2) is 51.6 Å². The number of anilines is 2. The van der Waals surface area contributed by atoms with Crippen molar-refractivity contribution in [3.8, 4) is 0 Å². The summed E-state index contributed by atoms with van der Waals surface area (Å²) in [6.45, 7) is 4.43. The summed E-state index contributed by atoms with van der Waals surface area (Å²) in [5.41, 5.74) is 2.96. The number of nitrogens with zero attached hydrogens (tertiary/aromatic N) is 4. The van der Waals surface area contributed by atoms with Crippen LogP contribution in [0.15, 0.2) is 54.6 Å². The highest BCUT2D eigenvalue weighted by atomic mass is 35.5. The molecule has 2 amide bonds. The molecule has 0 aliphatic carbocycles.